The quantitative estimate of drug-likeness (QED) is 0.824. The van der Waals surface area contributed by atoms with Crippen molar-refractivity contribution in [1.29, 1.82) is 0 Å². The van der Waals surface area contributed by atoms with E-state index in [1.807, 2.05) is 0 Å². The van der Waals surface area contributed by atoms with Crippen molar-refractivity contribution in [1.82, 2.24) is 4.90 Å². The number of carbonyl (C=O) groups is 1. The fourth-order valence-electron chi connectivity index (χ4n) is 1.33. The van der Waals surface area contributed by atoms with Gasteiger partial charge in [0, 0.05) is 13.6 Å². The number of nitrogens with two attached hydrogens (primary N) is 1. The smallest absolute Gasteiger partial charge is 0.236 e. The molecule has 0 spiro atoms. The van der Waals surface area contributed by atoms with Gasteiger partial charge in [-0.25, -0.2) is 4.39 Å². The van der Waals surface area contributed by atoms with E-state index >= 15 is 0 Å². The molecule has 88 valence electrons. The molecule has 2 N–H and O–H groups in total. The van der Waals surface area contributed by atoms with Crippen LogP contribution in [0, 0.1) is 5.82 Å². The summed E-state index contributed by atoms with van der Waals surface area (Å²) in [5, 5.41) is 0. The summed E-state index contributed by atoms with van der Waals surface area (Å²) in [4.78, 5) is 12.7. The molecule has 1 aromatic carbocycles. The van der Waals surface area contributed by atoms with E-state index in [9.17, 15) is 9.18 Å². The van der Waals surface area contributed by atoms with Gasteiger partial charge in [0.05, 0.1) is 13.7 Å². The fraction of sp³-hybridized carbons (Fsp3) is 0.364. The van der Waals surface area contributed by atoms with Crippen molar-refractivity contribution in [3.63, 3.8) is 0 Å². The minimum Gasteiger partial charge on any atom is -0.494 e. The number of nitrogens with zero attached hydrogens (tertiary/aromatic N) is 1. The van der Waals surface area contributed by atoms with Crippen molar-refractivity contribution < 1.29 is 13.9 Å². The number of benzene rings is 1. The normalized spacial score (nSPS) is 10.0. The van der Waals surface area contributed by atoms with Gasteiger partial charge in [0.25, 0.3) is 0 Å². The zero-order chi connectivity index (χ0) is 12.1. The summed E-state index contributed by atoms with van der Waals surface area (Å²) in [6.07, 6.45) is 0. The number of methoxy groups -OCH3 is 1. The lowest BCUT2D eigenvalue weighted by Crippen LogP contribution is -2.32. The van der Waals surface area contributed by atoms with E-state index in [2.05, 4.69) is 0 Å². The monoisotopic (exact) mass is 226 g/mol. The third-order valence-corrected chi connectivity index (χ3v) is 2.24. The van der Waals surface area contributed by atoms with Gasteiger partial charge >= 0.3 is 0 Å². The second-order valence-corrected chi connectivity index (χ2v) is 3.42. The lowest BCUT2D eigenvalue weighted by atomic mass is 10.2. The highest BCUT2D eigenvalue weighted by Gasteiger charge is 2.09. The first-order chi connectivity index (χ1) is 7.58. The number of amides is 1. The van der Waals surface area contributed by atoms with Gasteiger partial charge in [-0.05, 0) is 17.7 Å². The first-order valence-electron chi connectivity index (χ1n) is 4.85. The van der Waals surface area contributed by atoms with Gasteiger partial charge in [0.1, 0.15) is 0 Å². The van der Waals surface area contributed by atoms with Crippen LogP contribution < -0.4 is 10.5 Å². The Kier molecular flexibility index (Phi) is 4.25. The molecule has 0 saturated heterocycles. The number of rotatable bonds is 4. The molecule has 0 bridgehead atoms. The van der Waals surface area contributed by atoms with E-state index in [1.54, 1.807) is 13.1 Å². The molecule has 0 fully saturated rings. The van der Waals surface area contributed by atoms with Crippen LogP contribution in [0.1, 0.15) is 5.56 Å². The standard InChI is InChI=1S/C11H15FN2O2/c1-14(11(15)6-13)7-8-3-4-10(16-2)9(12)5-8/h3-5H,6-7,13H2,1-2H3. The van der Waals surface area contributed by atoms with E-state index in [1.165, 1.54) is 24.1 Å². The molecule has 16 heavy (non-hydrogen) atoms. The van der Waals surface area contributed by atoms with Crippen LogP contribution in [0.25, 0.3) is 0 Å². The van der Waals surface area contributed by atoms with Gasteiger partial charge < -0.3 is 15.4 Å². The van der Waals surface area contributed by atoms with Crippen LogP contribution in [0.5, 0.6) is 5.75 Å². The van der Waals surface area contributed by atoms with Gasteiger partial charge in [-0.1, -0.05) is 6.07 Å². The Morgan fingerprint density at radius 2 is 2.25 bits per heavy atom. The Morgan fingerprint density at radius 3 is 2.75 bits per heavy atom. The van der Waals surface area contributed by atoms with Crippen LogP contribution in [0.4, 0.5) is 4.39 Å². The summed E-state index contributed by atoms with van der Waals surface area (Å²) in [6.45, 7) is 0.284. The minimum absolute atomic E-state index is 0.0465. The predicted molar refractivity (Wildman–Crippen MR) is 58.5 cm³/mol. The molecule has 0 saturated carbocycles. The zero-order valence-corrected chi connectivity index (χ0v) is 9.37. The van der Waals surface area contributed by atoms with E-state index in [4.69, 9.17) is 10.5 Å². The molecule has 1 rings (SSSR count). The zero-order valence-electron chi connectivity index (χ0n) is 9.37. The maximum absolute atomic E-state index is 13.3. The van der Waals surface area contributed by atoms with E-state index in [0.29, 0.717) is 12.1 Å². The van der Waals surface area contributed by atoms with Crippen LogP contribution in [0.15, 0.2) is 18.2 Å². The summed E-state index contributed by atoms with van der Waals surface area (Å²) < 4.78 is 18.1. The van der Waals surface area contributed by atoms with E-state index < -0.39 is 5.82 Å². The highest BCUT2D eigenvalue weighted by molar-refractivity contribution is 5.77. The Morgan fingerprint density at radius 1 is 1.56 bits per heavy atom. The van der Waals surface area contributed by atoms with Gasteiger partial charge in [-0.2, -0.15) is 0 Å². The molecule has 0 aliphatic heterocycles. The summed E-state index contributed by atoms with van der Waals surface area (Å²) in [6, 6.07) is 4.59. The lowest BCUT2D eigenvalue weighted by molar-refractivity contribution is -0.128. The van der Waals surface area contributed by atoms with E-state index in [0.717, 1.165) is 0 Å². The Bertz CT molecular complexity index is 382. The Labute approximate surface area is 93.8 Å². The third-order valence-electron chi connectivity index (χ3n) is 2.24. The van der Waals surface area contributed by atoms with Crippen LogP contribution in [-0.2, 0) is 11.3 Å². The van der Waals surface area contributed by atoms with Crippen LogP contribution >= 0.6 is 0 Å². The molecule has 0 unspecified atom stereocenters. The first-order valence-corrected chi connectivity index (χ1v) is 4.85. The summed E-state index contributed by atoms with van der Waals surface area (Å²) >= 11 is 0. The lowest BCUT2D eigenvalue weighted by Gasteiger charge is -2.16. The van der Waals surface area contributed by atoms with Crippen molar-refractivity contribution in [2.24, 2.45) is 5.73 Å². The highest BCUT2D eigenvalue weighted by atomic mass is 19.1. The highest BCUT2D eigenvalue weighted by Crippen LogP contribution is 2.18. The fourth-order valence-corrected chi connectivity index (χ4v) is 1.33. The molecule has 4 nitrogen and oxygen atoms in total. The summed E-state index contributed by atoms with van der Waals surface area (Å²) in [5.41, 5.74) is 5.91. The van der Waals surface area contributed by atoms with Gasteiger partial charge in [-0.15, -0.1) is 0 Å². The maximum Gasteiger partial charge on any atom is 0.236 e. The van der Waals surface area contributed by atoms with Crippen LogP contribution in [0.3, 0.4) is 0 Å². The van der Waals surface area contributed by atoms with Crippen LogP contribution in [-0.4, -0.2) is 31.5 Å². The van der Waals surface area contributed by atoms with E-state index in [-0.39, 0.29) is 18.2 Å². The van der Waals surface area contributed by atoms with Crippen LogP contribution in [0.2, 0.25) is 0 Å². The van der Waals surface area contributed by atoms with Crippen molar-refractivity contribution in [3.05, 3.63) is 29.6 Å². The molecule has 0 radical (unpaired) electrons. The maximum atomic E-state index is 13.3. The molecule has 1 amide bonds. The second kappa shape index (κ2) is 5.46. The predicted octanol–water partition coefficient (Wildman–Crippen LogP) is 0.751. The van der Waals surface area contributed by atoms with Crippen molar-refractivity contribution in [2.45, 2.75) is 6.54 Å². The largest absolute Gasteiger partial charge is 0.494 e. The average Bonchev–Trinajstić information content (AvgIpc) is 2.28. The number of likely N-dealkylation sites (N-methyl/N-ethyl adjacent to an activating group) is 1. The summed E-state index contributed by atoms with van der Waals surface area (Å²) in [7, 11) is 3.03. The van der Waals surface area contributed by atoms with Gasteiger partial charge in [0.2, 0.25) is 5.91 Å². The topological polar surface area (TPSA) is 55.6 Å². The third kappa shape index (κ3) is 2.93. The molecular formula is C11H15FN2O2. The molecule has 0 heterocycles. The van der Waals surface area contributed by atoms with Crippen molar-refractivity contribution in [2.75, 3.05) is 20.7 Å². The number of halogens is 1. The van der Waals surface area contributed by atoms with Gasteiger partial charge in [0.15, 0.2) is 11.6 Å². The summed E-state index contributed by atoms with van der Waals surface area (Å²) in [5.74, 6) is -0.429. The molecule has 5 heteroatoms. The number of ether oxygens (including phenoxy) is 1. The number of hydrogen-bond acceptors (Lipinski definition) is 3. The molecule has 0 aromatic heterocycles. The second-order valence-electron chi connectivity index (χ2n) is 3.42. The van der Waals surface area contributed by atoms with Crippen molar-refractivity contribution in [3.8, 4) is 5.75 Å². The minimum atomic E-state index is -0.436. The van der Waals surface area contributed by atoms with Crippen molar-refractivity contribution >= 4 is 5.91 Å². The number of carbonyl (C=O) groups excluding carboxylic acids is 1. The SMILES string of the molecule is COc1ccc(CN(C)C(=O)CN)cc1F. The molecule has 0 aliphatic carbocycles. The Hall–Kier alpha value is -1.62. The molecule has 0 aliphatic rings. The number of hydrogen-bond donors (Lipinski definition) is 1. The molecule has 0 atom stereocenters. The average molecular weight is 226 g/mol. The van der Waals surface area contributed by atoms with Gasteiger partial charge in [-0.3, -0.25) is 4.79 Å². The first kappa shape index (κ1) is 12.4. The Balaban J connectivity index is 2.75. The molecule has 1 aromatic rings. The molecular weight excluding hydrogens is 211 g/mol.